The number of amides is 2. The zero-order chi connectivity index (χ0) is 24.9. The Morgan fingerprint density at radius 1 is 1.33 bits per heavy atom. The quantitative estimate of drug-likeness (QED) is 0.176. The van der Waals surface area contributed by atoms with Gasteiger partial charge in [0, 0.05) is 30.8 Å². The lowest BCUT2D eigenvalue weighted by atomic mass is 10.0. The van der Waals surface area contributed by atoms with E-state index in [-0.39, 0.29) is 29.8 Å². The van der Waals surface area contributed by atoms with Crippen molar-refractivity contribution in [3.63, 3.8) is 0 Å². The smallest absolute Gasteiger partial charge is 0.315 e. The second-order valence-electron chi connectivity index (χ2n) is 6.87. The summed E-state index contributed by atoms with van der Waals surface area (Å²) in [6, 6.07) is 7.12. The molecule has 33 heavy (non-hydrogen) atoms. The van der Waals surface area contributed by atoms with E-state index in [4.69, 9.17) is 10.5 Å². The molecule has 172 valence electrons. The highest BCUT2D eigenvalue weighted by Gasteiger charge is 2.26. The van der Waals surface area contributed by atoms with Crippen LogP contribution in [0.4, 0.5) is 10.1 Å². The number of methoxy groups -OCH3 is 1. The van der Waals surface area contributed by atoms with Crippen LogP contribution >= 0.6 is 0 Å². The van der Waals surface area contributed by atoms with Crippen molar-refractivity contribution >= 4 is 23.3 Å². The molecule has 0 radical (unpaired) electrons. The van der Waals surface area contributed by atoms with Crippen molar-refractivity contribution in [1.29, 1.82) is 5.26 Å². The minimum atomic E-state index is -1.01. The van der Waals surface area contributed by atoms with Crippen LogP contribution < -0.4 is 10.5 Å². The molecule has 2 amide bonds. The molecule has 0 aromatic heterocycles. The number of hydrogen-bond donors (Lipinski definition) is 3. The van der Waals surface area contributed by atoms with E-state index in [2.05, 4.69) is 0 Å². The first kappa shape index (κ1) is 24.6. The monoisotopic (exact) mass is 458 g/mol. The summed E-state index contributed by atoms with van der Waals surface area (Å²) in [5.41, 5.74) is 3.65. The maximum atomic E-state index is 14.2. The Labute approximate surface area is 186 Å². The number of benzene rings is 2. The SMILES string of the molecule is COc1cc(/C(O)=C(\C#N)C(=O)N(C)Cc2cc(CC(N)=O)ccc2F)cc([N+](=O)[O-])c1O. The number of phenols is 1. The molecule has 0 saturated carbocycles. The van der Waals surface area contributed by atoms with Gasteiger partial charge in [-0.05, 0) is 17.7 Å². The lowest BCUT2D eigenvalue weighted by Crippen LogP contribution is -2.28. The molecule has 0 spiro atoms. The van der Waals surface area contributed by atoms with Gasteiger partial charge in [0.05, 0.1) is 18.5 Å². The van der Waals surface area contributed by atoms with E-state index in [0.29, 0.717) is 5.56 Å². The van der Waals surface area contributed by atoms with Gasteiger partial charge in [0.1, 0.15) is 17.6 Å². The van der Waals surface area contributed by atoms with Crippen LogP contribution in [0.15, 0.2) is 35.9 Å². The second-order valence-corrected chi connectivity index (χ2v) is 6.87. The van der Waals surface area contributed by atoms with Crippen LogP contribution in [0.1, 0.15) is 16.7 Å². The Morgan fingerprint density at radius 3 is 2.55 bits per heavy atom. The summed E-state index contributed by atoms with van der Waals surface area (Å²) in [4.78, 5) is 35.0. The van der Waals surface area contributed by atoms with E-state index < -0.39 is 45.3 Å². The standard InChI is InChI=1S/C21H19FN4O7/c1-25(10-13-5-11(6-18(24)27)3-4-15(13)22)21(30)14(9-23)19(28)12-7-16(26(31)32)20(29)17(8-12)33-2/h3-5,7-8,28-29H,6,10H2,1-2H3,(H2,24,27)/b19-14-. The normalized spacial score (nSPS) is 11.2. The number of aromatic hydroxyl groups is 1. The second kappa shape index (κ2) is 10.1. The zero-order valence-corrected chi connectivity index (χ0v) is 17.5. The number of primary amides is 1. The Balaban J connectivity index is 2.44. The summed E-state index contributed by atoms with van der Waals surface area (Å²) in [5, 5.41) is 41.0. The van der Waals surface area contributed by atoms with E-state index in [1.54, 1.807) is 0 Å². The van der Waals surface area contributed by atoms with Crippen LogP contribution in [-0.4, -0.2) is 46.0 Å². The largest absolute Gasteiger partial charge is 0.506 e. The number of nitriles is 1. The number of nitrogens with two attached hydrogens (primary N) is 1. The number of hydrogen-bond acceptors (Lipinski definition) is 8. The number of likely N-dealkylation sites (N-methyl/N-ethyl adjacent to an activating group) is 1. The number of aliphatic hydroxyl groups is 1. The average molecular weight is 458 g/mol. The van der Waals surface area contributed by atoms with Crippen LogP contribution in [0.5, 0.6) is 11.5 Å². The zero-order valence-electron chi connectivity index (χ0n) is 17.5. The number of carbonyl (C=O) groups is 2. The minimum absolute atomic E-state index is 0.0309. The summed E-state index contributed by atoms with van der Waals surface area (Å²) in [7, 11) is 2.36. The van der Waals surface area contributed by atoms with Crippen LogP contribution in [0.25, 0.3) is 5.76 Å². The van der Waals surface area contributed by atoms with E-state index in [0.717, 1.165) is 30.2 Å². The molecule has 0 fully saturated rings. The Morgan fingerprint density at radius 2 is 2.00 bits per heavy atom. The summed E-state index contributed by atoms with van der Waals surface area (Å²) in [6.07, 6.45) is -0.142. The number of halogens is 1. The molecule has 2 aromatic carbocycles. The van der Waals surface area contributed by atoms with Crippen LogP contribution in [0, 0.1) is 27.3 Å². The van der Waals surface area contributed by atoms with Gasteiger partial charge in [0.25, 0.3) is 5.91 Å². The first-order valence-corrected chi connectivity index (χ1v) is 9.20. The first-order chi connectivity index (χ1) is 15.5. The number of nitro benzene ring substituents is 1. The van der Waals surface area contributed by atoms with Gasteiger partial charge in [-0.25, -0.2) is 4.39 Å². The topological polar surface area (TPSA) is 180 Å². The molecule has 11 nitrogen and oxygen atoms in total. The molecule has 0 unspecified atom stereocenters. The minimum Gasteiger partial charge on any atom is -0.506 e. The van der Waals surface area contributed by atoms with Crippen molar-refractivity contribution in [2.75, 3.05) is 14.2 Å². The van der Waals surface area contributed by atoms with Crippen LogP contribution in [-0.2, 0) is 22.6 Å². The van der Waals surface area contributed by atoms with Crippen molar-refractivity contribution in [3.8, 4) is 17.6 Å². The predicted molar refractivity (Wildman–Crippen MR) is 112 cm³/mol. The van der Waals surface area contributed by atoms with Gasteiger partial charge >= 0.3 is 5.69 Å². The summed E-state index contributed by atoms with van der Waals surface area (Å²) >= 11 is 0. The van der Waals surface area contributed by atoms with E-state index in [1.807, 2.05) is 0 Å². The molecule has 0 heterocycles. The Bertz CT molecular complexity index is 1200. The number of ether oxygens (including phenoxy) is 1. The maximum absolute atomic E-state index is 14.2. The van der Waals surface area contributed by atoms with Crippen LogP contribution in [0.3, 0.4) is 0 Å². The van der Waals surface area contributed by atoms with Gasteiger partial charge < -0.3 is 25.6 Å². The van der Waals surface area contributed by atoms with Crippen molar-refractivity contribution in [1.82, 2.24) is 4.90 Å². The van der Waals surface area contributed by atoms with Crippen LogP contribution in [0.2, 0.25) is 0 Å². The van der Waals surface area contributed by atoms with Gasteiger partial charge in [-0.1, -0.05) is 12.1 Å². The number of aliphatic hydroxyl groups excluding tert-OH is 1. The van der Waals surface area contributed by atoms with Gasteiger partial charge in [0.2, 0.25) is 11.7 Å². The predicted octanol–water partition coefficient (Wildman–Crippen LogP) is 1.93. The van der Waals surface area contributed by atoms with Crippen molar-refractivity contribution in [2.45, 2.75) is 13.0 Å². The molecular weight excluding hydrogens is 439 g/mol. The molecule has 0 saturated heterocycles. The molecule has 4 N–H and O–H groups in total. The lowest BCUT2D eigenvalue weighted by molar-refractivity contribution is -0.386. The Hall–Kier alpha value is -4.66. The maximum Gasteiger partial charge on any atom is 0.315 e. The van der Waals surface area contributed by atoms with Crippen molar-refractivity contribution in [2.24, 2.45) is 5.73 Å². The molecule has 0 aliphatic heterocycles. The number of nitro groups is 1. The number of rotatable bonds is 8. The third-order valence-corrected chi connectivity index (χ3v) is 4.55. The first-order valence-electron chi connectivity index (χ1n) is 9.20. The average Bonchev–Trinajstić information content (AvgIpc) is 2.75. The third-order valence-electron chi connectivity index (χ3n) is 4.55. The molecule has 0 bridgehead atoms. The highest BCUT2D eigenvalue weighted by Crippen LogP contribution is 2.38. The fourth-order valence-corrected chi connectivity index (χ4v) is 2.95. The third kappa shape index (κ3) is 5.53. The number of phenolic OH excluding ortho intramolecular Hbond substituents is 1. The molecule has 0 atom stereocenters. The van der Waals surface area contributed by atoms with E-state index >= 15 is 0 Å². The van der Waals surface area contributed by atoms with Crippen molar-refractivity contribution in [3.05, 3.63) is 68.5 Å². The summed E-state index contributed by atoms with van der Waals surface area (Å²) < 4.78 is 19.0. The summed E-state index contributed by atoms with van der Waals surface area (Å²) in [5.74, 6) is -4.38. The van der Waals surface area contributed by atoms with Gasteiger partial charge in [-0.2, -0.15) is 5.26 Å². The van der Waals surface area contributed by atoms with Gasteiger partial charge in [0.15, 0.2) is 11.3 Å². The highest BCUT2D eigenvalue weighted by molar-refractivity contribution is 6.03. The fraction of sp³-hybridized carbons (Fsp3) is 0.190. The number of carbonyl (C=O) groups excluding carboxylic acids is 2. The fourth-order valence-electron chi connectivity index (χ4n) is 2.95. The van der Waals surface area contributed by atoms with E-state index in [1.165, 1.54) is 25.2 Å². The van der Waals surface area contributed by atoms with Gasteiger partial charge in [-0.15, -0.1) is 0 Å². The highest BCUT2D eigenvalue weighted by atomic mass is 19.1. The molecule has 0 aliphatic rings. The molecule has 12 heteroatoms. The van der Waals surface area contributed by atoms with Crippen molar-refractivity contribution < 1.29 is 33.9 Å². The van der Waals surface area contributed by atoms with Gasteiger partial charge in [-0.3, -0.25) is 19.7 Å². The summed E-state index contributed by atoms with van der Waals surface area (Å²) in [6.45, 7) is -0.325. The Kier molecular flexibility index (Phi) is 7.53. The molecule has 2 aromatic rings. The lowest BCUT2D eigenvalue weighted by Gasteiger charge is -2.18. The molecule has 0 aliphatic carbocycles. The molecule has 2 rings (SSSR count). The van der Waals surface area contributed by atoms with E-state index in [9.17, 15) is 39.6 Å². The number of nitrogens with zero attached hydrogens (tertiary/aromatic N) is 3. The molecular formula is C21H19FN4O7.